The van der Waals surface area contributed by atoms with Crippen LogP contribution < -0.4 is 4.74 Å². The van der Waals surface area contributed by atoms with Crippen molar-refractivity contribution < 1.29 is 28.9 Å². The standard InChI is InChI=1S/C26H22FN3O5/c1-11(2)21-22(16-8-13(35-3)9-19-15(16)10-20(29-19)25(31)32)24(26(33)34)30-23(21)17-6-12(27)7-18-14(17)4-5-28-18/h4-11,28-30H,1-3H3,(H,31,32)(H,33,34). The van der Waals surface area contributed by atoms with Crippen LogP contribution >= 0.6 is 0 Å². The highest BCUT2D eigenvalue weighted by molar-refractivity contribution is 6.08. The molecule has 178 valence electrons. The second kappa shape index (κ2) is 8.05. The molecule has 8 nitrogen and oxygen atoms in total. The topological polar surface area (TPSA) is 131 Å². The Morgan fingerprint density at radius 2 is 1.71 bits per heavy atom. The van der Waals surface area contributed by atoms with Crippen LogP contribution in [0.3, 0.4) is 0 Å². The molecule has 3 heterocycles. The zero-order valence-corrected chi connectivity index (χ0v) is 19.1. The number of ether oxygens (including phenoxy) is 1. The van der Waals surface area contributed by atoms with Crippen LogP contribution in [0.25, 0.3) is 44.2 Å². The normalized spacial score (nSPS) is 11.6. The summed E-state index contributed by atoms with van der Waals surface area (Å²) in [7, 11) is 1.48. The summed E-state index contributed by atoms with van der Waals surface area (Å²) in [4.78, 5) is 33.0. The Labute approximate surface area is 198 Å². The fraction of sp³-hybridized carbons (Fsp3) is 0.154. The molecule has 0 aliphatic rings. The van der Waals surface area contributed by atoms with Crippen LogP contribution in [0.2, 0.25) is 0 Å². The summed E-state index contributed by atoms with van der Waals surface area (Å²) in [6.07, 6.45) is 1.70. The lowest BCUT2D eigenvalue weighted by Crippen LogP contribution is -2.00. The number of halogens is 1. The summed E-state index contributed by atoms with van der Waals surface area (Å²) in [5, 5.41) is 21.0. The number of fused-ring (bicyclic) bond motifs is 2. The molecule has 0 bridgehead atoms. The van der Waals surface area contributed by atoms with Crippen LogP contribution in [0.5, 0.6) is 5.75 Å². The van der Waals surface area contributed by atoms with Gasteiger partial charge in [-0.05, 0) is 47.4 Å². The number of hydrogen-bond acceptors (Lipinski definition) is 3. The zero-order chi connectivity index (χ0) is 25.0. The van der Waals surface area contributed by atoms with Gasteiger partial charge in [-0.15, -0.1) is 0 Å². The molecule has 0 atom stereocenters. The highest BCUT2D eigenvalue weighted by Crippen LogP contribution is 2.45. The molecule has 0 fully saturated rings. The molecular weight excluding hydrogens is 453 g/mol. The Balaban J connectivity index is 1.92. The van der Waals surface area contributed by atoms with E-state index in [0.29, 0.717) is 50.1 Å². The van der Waals surface area contributed by atoms with Gasteiger partial charge in [0.05, 0.1) is 18.3 Å². The molecule has 0 saturated carbocycles. The summed E-state index contributed by atoms with van der Waals surface area (Å²) < 4.78 is 20.0. The molecular formula is C26H22FN3O5. The van der Waals surface area contributed by atoms with Crippen molar-refractivity contribution in [2.75, 3.05) is 7.11 Å². The Bertz CT molecular complexity index is 1640. The number of hydrogen-bond donors (Lipinski definition) is 5. The van der Waals surface area contributed by atoms with Crippen LogP contribution in [-0.2, 0) is 0 Å². The van der Waals surface area contributed by atoms with Crippen molar-refractivity contribution in [3.8, 4) is 28.1 Å². The molecule has 0 radical (unpaired) electrons. The van der Waals surface area contributed by atoms with E-state index in [-0.39, 0.29) is 17.3 Å². The van der Waals surface area contributed by atoms with Gasteiger partial charge in [0.15, 0.2) is 0 Å². The van der Waals surface area contributed by atoms with E-state index in [9.17, 15) is 24.2 Å². The van der Waals surface area contributed by atoms with Crippen molar-refractivity contribution in [1.82, 2.24) is 15.0 Å². The Morgan fingerprint density at radius 1 is 0.943 bits per heavy atom. The number of carbonyl (C=O) groups is 2. The number of rotatable bonds is 6. The number of carboxylic acid groups (broad SMARTS) is 2. The summed E-state index contributed by atoms with van der Waals surface area (Å²) in [6, 6.07) is 9.39. The molecule has 9 heteroatoms. The average molecular weight is 475 g/mol. The molecule has 0 unspecified atom stereocenters. The SMILES string of the molecule is COc1cc(-c2c(C(=O)O)[nH]c(-c3cc(F)cc4[nH]ccc34)c2C(C)C)c2cc(C(=O)O)[nH]c2c1. The molecule has 3 aromatic heterocycles. The van der Waals surface area contributed by atoms with E-state index in [1.165, 1.54) is 25.3 Å². The van der Waals surface area contributed by atoms with Crippen LogP contribution in [0, 0.1) is 5.82 Å². The average Bonchev–Trinajstić information content (AvgIpc) is 3.53. The van der Waals surface area contributed by atoms with Gasteiger partial charge in [0.1, 0.15) is 23.0 Å². The third-order valence-corrected chi connectivity index (χ3v) is 6.18. The van der Waals surface area contributed by atoms with Gasteiger partial charge >= 0.3 is 11.9 Å². The third-order valence-electron chi connectivity index (χ3n) is 6.18. The molecule has 0 aliphatic heterocycles. The van der Waals surface area contributed by atoms with Gasteiger partial charge in [0, 0.05) is 39.7 Å². The minimum atomic E-state index is -1.19. The van der Waals surface area contributed by atoms with E-state index in [4.69, 9.17) is 4.74 Å². The molecule has 0 spiro atoms. The number of nitrogens with one attached hydrogen (secondary N) is 3. The van der Waals surface area contributed by atoms with Crippen LogP contribution in [0.4, 0.5) is 4.39 Å². The van der Waals surface area contributed by atoms with E-state index in [1.54, 1.807) is 18.3 Å². The Kier molecular flexibility index (Phi) is 5.12. The maximum Gasteiger partial charge on any atom is 0.352 e. The van der Waals surface area contributed by atoms with Crippen LogP contribution in [-0.4, -0.2) is 44.2 Å². The van der Waals surface area contributed by atoms with Crippen LogP contribution in [0.15, 0.2) is 42.6 Å². The van der Waals surface area contributed by atoms with Gasteiger partial charge in [-0.25, -0.2) is 14.0 Å². The zero-order valence-electron chi connectivity index (χ0n) is 19.1. The van der Waals surface area contributed by atoms with Crippen molar-refractivity contribution in [3.05, 3.63) is 65.4 Å². The molecule has 0 saturated heterocycles. The van der Waals surface area contributed by atoms with Gasteiger partial charge < -0.3 is 29.9 Å². The lowest BCUT2D eigenvalue weighted by molar-refractivity contribution is 0.0681. The van der Waals surface area contributed by atoms with Crippen LogP contribution in [0.1, 0.15) is 46.3 Å². The summed E-state index contributed by atoms with van der Waals surface area (Å²) in [5.74, 6) is -2.53. The predicted molar refractivity (Wildman–Crippen MR) is 130 cm³/mol. The molecule has 5 aromatic rings. The summed E-state index contributed by atoms with van der Waals surface area (Å²) >= 11 is 0. The first-order chi connectivity index (χ1) is 16.7. The highest BCUT2D eigenvalue weighted by atomic mass is 19.1. The number of benzene rings is 2. The van der Waals surface area contributed by atoms with E-state index in [0.717, 1.165) is 5.39 Å². The number of methoxy groups -OCH3 is 1. The minimum absolute atomic E-state index is 0.0348. The number of H-pyrrole nitrogens is 3. The van der Waals surface area contributed by atoms with Crippen molar-refractivity contribution in [1.29, 1.82) is 0 Å². The van der Waals surface area contributed by atoms with Crippen molar-refractivity contribution in [3.63, 3.8) is 0 Å². The first-order valence-electron chi connectivity index (χ1n) is 10.9. The minimum Gasteiger partial charge on any atom is -0.497 e. The molecule has 5 rings (SSSR count). The largest absolute Gasteiger partial charge is 0.497 e. The van der Waals surface area contributed by atoms with Gasteiger partial charge in [0.2, 0.25) is 0 Å². The first-order valence-corrected chi connectivity index (χ1v) is 10.9. The number of aromatic nitrogens is 3. The fourth-order valence-corrected chi connectivity index (χ4v) is 4.73. The molecule has 0 amide bonds. The van der Waals surface area contributed by atoms with Gasteiger partial charge in [-0.2, -0.15) is 0 Å². The second-order valence-corrected chi connectivity index (χ2v) is 8.64. The predicted octanol–water partition coefficient (Wildman–Crippen LogP) is 5.98. The van der Waals surface area contributed by atoms with Crippen molar-refractivity contribution in [2.45, 2.75) is 19.8 Å². The molecule has 5 N–H and O–H groups in total. The lowest BCUT2D eigenvalue weighted by Gasteiger charge is -2.14. The Morgan fingerprint density at radius 3 is 2.37 bits per heavy atom. The smallest absolute Gasteiger partial charge is 0.352 e. The Hall–Kier alpha value is -4.53. The van der Waals surface area contributed by atoms with Gasteiger partial charge in [-0.1, -0.05) is 13.8 Å². The number of aromatic carboxylic acids is 2. The van der Waals surface area contributed by atoms with Crippen molar-refractivity contribution in [2.24, 2.45) is 0 Å². The molecule has 2 aromatic carbocycles. The molecule has 0 aliphatic carbocycles. The fourth-order valence-electron chi connectivity index (χ4n) is 4.73. The quantitative estimate of drug-likeness (QED) is 0.206. The third kappa shape index (κ3) is 3.52. The maximum atomic E-state index is 14.5. The van der Waals surface area contributed by atoms with Gasteiger partial charge in [0.25, 0.3) is 0 Å². The monoisotopic (exact) mass is 475 g/mol. The second-order valence-electron chi connectivity index (χ2n) is 8.64. The first kappa shape index (κ1) is 22.3. The summed E-state index contributed by atoms with van der Waals surface area (Å²) in [5.41, 5.74) is 3.54. The maximum absolute atomic E-state index is 14.5. The van der Waals surface area contributed by atoms with E-state index < -0.39 is 17.8 Å². The number of aromatic amines is 3. The van der Waals surface area contributed by atoms with E-state index >= 15 is 0 Å². The van der Waals surface area contributed by atoms with Gasteiger partial charge in [-0.3, -0.25) is 0 Å². The van der Waals surface area contributed by atoms with E-state index in [2.05, 4.69) is 15.0 Å². The highest BCUT2D eigenvalue weighted by Gasteiger charge is 2.29. The number of carboxylic acids is 2. The lowest BCUT2D eigenvalue weighted by atomic mass is 9.89. The molecule has 35 heavy (non-hydrogen) atoms. The van der Waals surface area contributed by atoms with Crippen molar-refractivity contribution >= 4 is 33.7 Å². The van der Waals surface area contributed by atoms with E-state index in [1.807, 2.05) is 19.9 Å². The summed E-state index contributed by atoms with van der Waals surface area (Å²) in [6.45, 7) is 3.85.